The molecule has 28 heavy (non-hydrogen) atoms. The maximum atomic E-state index is 12.4. The van der Waals surface area contributed by atoms with Gasteiger partial charge in [-0.2, -0.15) is 0 Å². The molecule has 0 aromatic heterocycles. The zero-order valence-corrected chi connectivity index (χ0v) is 16.8. The fourth-order valence-electron chi connectivity index (χ4n) is 4.49. The number of methoxy groups -OCH3 is 2. The van der Waals surface area contributed by atoms with Crippen LogP contribution in [0.15, 0.2) is 48.5 Å². The van der Waals surface area contributed by atoms with Gasteiger partial charge in [0.25, 0.3) is 0 Å². The van der Waals surface area contributed by atoms with E-state index >= 15 is 0 Å². The number of nitrogens with zero attached hydrogens (tertiary/aromatic N) is 1. The number of ether oxygens (including phenoxy) is 2. The molecule has 146 valence electrons. The highest BCUT2D eigenvalue weighted by Gasteiger charge is 2.57. The van der Waals surface area contributed by atoms with Gasteiger partial charge in [-0.05, 0) is 35.4 Å². The van der Waals surface area contributed by atoms with Crippen molar-refractivity contribution >= 4 is 17.7 Å². The summed E-state index contributed by atoms with van der Waals surface area (Å²) in [5, 5.41) is 3.29. The number of rotatable bonds is 4. The molecule has 1 saturated heterocycles. The van der Waals surface area contributed by atoms with Gasteiger partial charge < -0.3 is 19.7 Å². The molecule has 0 aliphatic carbocycles. The third-order valence-corrected chi connectivity index (χ3v) is 6.06. The summed E-state index contributed by atoms with van der Waals surface area (Å²) >= 11 is 0. The van der Waals surface area contributed by atoms with Crippen LogP contribution in [0.4, 0.5) is 5.69 Å². The lowest BCUT2D eigenvalue weighted by atomic mass is 9.74. The second kappa shape index (κ2) is 6.59. The van der Waals surface area contributed by atoms with Crippen LogP contribution >= 0.6 is 0 Å². The quantitative estimate of drug-likeness (QED) is 0.881. The van der Waals surface area contributed by atoms with Crippen molar-refractivity contribution in [2.45, 2.75) is 31.3 Å². The van der Waals surface area contributed by atoms with Crippen LogP contribution in [-0.4, -0.2) is 32.3 Å². The van der Waals surface area contributed by atoms with E-state index in [2.05, 4.69) is 54.4 Å². The maximum Gasteiger partial charge on any atom is 0.223 e. The molecule has 2 aromatic carbocycles. The average molecular weight is 378 g/mol. The molecular formula is C23H26N2O3. The second-order valence-electron chi connectivity index (χ2n) is 7.81. The summed E-state index contributed by atoms with van der Waals surface area (Å²) in [6.07, 6.45) is 4.66. The maximum absolute atomic E-state index is 12.4. The van der Waals surface area contributed by atoms with E-state index in [1.807, 2.05) is 24.3 Å². The smallest absolute Gasteiger partial charge is 0.223 e. The molecule has 1 atom stereocenters. The van der Waals surface area contributed by atoms with Gasteiger partial charge in [0.15, 0.2) is 11.5 Å². The first-order chi connectivity index (χ1) is 13.4. The first-order valence-electron chi connectivity index (χ1n) is 9.52. The largest absolute Gasteiger partial charge is 0.493 e. The third kappa shape index (κ3) is 2.57. The van der Waals surface area contributed by atoms with Crippen molar-refractivity contribution in [2.75, 3.05) is 25.7 Å². The lowest BCUT2D eigenvalue weighted by molar-refractivity contribution is -0.124. The Kier molecular flexibility index (Phi) is 4.33. The Morgan fingerprint density at radius 1 is 1.07 bits per heavy atom. The number of carbonyl (C=O) groups is 1. The molecule has 1 N–H and O–H groups in total. The minimum absolute atomic E-state index is 0.0779. The van der Waals surface area contributed by atoms with E-state index in [1.54, 1.807) is 14.2 Å². The van der Waals surface area contributed by atoms with Crippen LogP contribution in [0.2, 0.25) is 0 Å². The Morgan fingerprint density at radius 3 is 2.57 bits per heavy atom. The van der Waals surface area contributed by atoms with E-state index in [9.17, 15) is 4.79 Å². The van der Waals surface area contributed by atoms with Crippen molar-refractivity contribution in [2.24, 2.45) is 0 Å². The van der Waals surface area contributed by atoms with Crippen LogP contribution in [0.5, 0.6) is 11.5 Å². The molecular weight excluding hydrogens is 352 g/mol. The Bertz CT molecular complexity index is 951. The molecule has 4 rings (SSSR count). The van der Waals surface area contributed by atoms with Crippen molar-refractivity contribution in [3.05, 3.63) is 59.7 Å². The molecule has 1 amide bonds. The van der Waals surface area contributed by atoms with Crippen LogP contribution in [0, 0.1) is 0 Å². The van der Waals surface area contributed by atoms with Crippen molar-refractivity contribution < 1.29 is 14.3 Å². The lowest BCUT2D eigenvalue weighted by Gasteiger charge is -2.49. The number of amides is 1. The van der Waals surface area contributed by atoms with E-state index < -0.39 is 5.66 Å². The summed E-state index contributed by atoms with van der Waals surface area (Å²) < 4.78 is 10.8. The zero-order chi connectivity index (χ0) is 19.9. The Labute approximate surface area is 165 Å². The Hall–Kier alpha value is -2.95. The van der Waals surface area contributed by atoms with Gasteiger partial charge in [0.2, 0.25) is 5.91 Å². The summed E-state index contributed by atoms with van der Waals surface area (Å²) in [5.74, 6) is 1.45. The number of anilines is 1. The lowest BCUT2D eigenvalue weighted by Crippen LogP contribution is -2.68. The van der Waals surface area contributed by atoms with Crippen LogP contribution in [0.1, 0.15) is 31.4 Å². The van der Waals surface area contributed by atoms with Gasteiger partial charge in [0.1, 0.15) is 5.66 Å². The van der Waals surface area contributed by atoms with Crippen molar-refractivity contribution in [3.8, 4) is 11.5 Å². The standard InChI is InChI=1S/C23H26N2O3/c1-22(2)17-7-5-6-8-18(17)25-14-12-21(26)24-23(22,25)13-11-16-9-10-19(27-3)20(15-16)28-4/h5-11,13,15H,12,14H2,1-4H3,(H,24,26)/t23-/m1/s1. The SMILES string of the molecule is COc1ccc(C=C[C@@]23NC(=O)CCN2c2ccccc2C3(C)C)cc1OC. The molecule has 0 saturated carbocycles. The third-order valence-electron chi connectivity index (χ3n) is 6.06. The predicted molar refractivity (Wildman–Crippen MR) is 111 cm³/mol. The van der Waals surface area contributed by atoms with E-state index in [0.29, 0.717) is 24.5 Å². The number of carbonyl (C=O) groups excluding carboxylic acids is 1. The summed E-state index contributed by atoms with van der Waals surface area (Å²) in [5.41, 5.74) is 2.52. The van der Waals surface area contributed by atoms with Gasteiger partial charge in [-0.25, -0.2) is 0 Å². The molecule has 1 fully saturated rings. The fourth-order valence-corrected chi connectivity index (χ4v) is 4.49. The predicted octanol–water partition coefficient (Wildman–Crippen LogP) is 3.73. The summed E-state index contributed by atoms with van der Waals surface area (Å²) in [6, 6.07) is 14.2. The molecule has 2 aliphatic heterocycles. The Morgan fingerprint density at radius 2 is 1.82 bits per heavy atom. The topological polar surface area (TPSA) is 50.8 Å². The molecule has 0 bridgehead atoms. The minimum atomic E-state index is -0.612. The molecule has 0 spiro atoms. The number of hydrogen-bond donors (Lipinski definition) is 1. The van der Waals surface area contributed by atoms with Crippen molar-refractivity contribution in [1.82, 2.24) is 5.32 Å². The van der Waals surface area contributed by atoms with E-state index in [1.165, 1.54) is 11.3 Å². The fraction of sp³-hybridized carbons (Fsp3) is 0.348. The van der Waals surface area contributed by atoms with Gasteiger partial charge in [-0.3, -0.25) is 4.79 Å². The first-order valence-corrected chi connectivity index (χ1v) is 9.52. The summed E-state index contributed by atoms with van der Waals surface area (Å²) in [6.45, 7) is 5.08. The normalized spacial score (nSPS) is 22.6. The van der Waals surface area contributed by atoms with Crippen molar-refractivity contribution in [1.29, 1.82) is 0 Å². The summed E-state index contributed by atoms with van der Waals surface area (Å²) in [7, 11) is 3.25. The highest BCUT2D eigenvalue weighted by atomic mass is 16.5. The van der Waals surface area contributed by atoms with Crippen molar-refractivity contribution in [3.63, 3.8) is 0 Å². The number of hydrogen-bond acceptors (Lipinski definition) is 4. The van der Waals surface area contributed by atoms with Crippen LogP contribution in [0.25, 0.3) is 6.08 Å². The minimum Gasteiger partial charge on any atom is -0.493 e. The molecule has 2 aromatic rings. The average Bonchev–Trinajstić information content (AvgIpc) is 2.90. The summed E-state index contributed by atoms with van der Waals surface area (Å²) in [4.78, 5) is 14.8. The number of benzene rings is 2. The highest BCUT2D eigenvalue weighted by molar-refractivity contribution is 5.84. The van der Waals surface area contributed by atoms with Gasteiger partial charge in [0, 0.05) is 24.1 Å². The number of para-hydroxylation sites is 1. The Balaban J connectivity index is 1.80. The van der Waals surface area contributed by atoms with Gasteiger partial charge in [0.05, 0.1) is 14.2 Å². The van der Waals surface area contributed by atoms with Crippen LogP contribution in [-0.2, 0) is 10.2 Å². The number of fused-ring (bicyclic) bond motifs is 3. The van der Waals surface area contributed by atoms with Gasteiger partial charge in [-0.15, -0.1) is 0 Å². The molecule has 0 unspecified atom stereocenters. The molecule has 2 heterocycles. The van der Waals surface area contributed by atoms with E-state index in [0.717, 1.165) is 5.56 Å². The highest BCUT2D eigenvalue weighted by Crippen LogP contribution is 2.52. The molecule has 5 nitrogen and oxygen atoms in total. The van der Waals surface area contributed by atoms with Crippen LogP contribution < -0.4 is 19.7 Å². The van der Waals surface area contributed by atoms with Crippen LogP contribution in [0.3, 0.4) is 0 Å². The first kappa shape index (κ1) is 18.4. The zero-order valence-electron chi connectivity index (χ0n) is 16.8. The monoisotopic (exact) mass is 378 g/mol. The van der Waals surface area contributed by atoms with E-state index in [4.69, 9.17) is 9.47 Å². The van der Waals surface area contributed by atoms with Gasteiger partial charge >= 0.3 is 0 Å². The van der Waals surface area contributed by atoms with Gasteiger partial charge in [-0.1, -0.05) is 44.2 Å². The second-order valence-corrected chi connectivity index (χ2v) is 7.81. The molecule has 2 aliphatic rings. The molecule has 0 radical (unpaired) electrons. The number of nitrogens with one attached hydrogen (secondary N) is 1. The van der Waals surface area contributed by atoms with E-state index in [-0.39, 0.29) is 11.3 Å². The molecule has 5 heteroatoms.